The number of rotatable bonds is 8. The van der Waals surface area contributed by atoms with E-state index in [1.54, 1.807) is 0 Å². The lowest BCUT2D eigenvalue weighted by Crippen LogP contribution is -2.37. The Balaban J connectivity index is 1.65. The summed E-state index contributed by atoms with van der Waals surface area (Å²) in [6, 6.07) is 11.8. The molecule has 4 atom stereocenters. The predicted molar refractivity (Wildman–Crippen MR) is 139 cm³/mol. The molecular formula is C31H38O4. The van der Waals surface area contributed by atoms with Crippen molar-refractivity contribution in [2.24, 2.45) is 29.1 Å². The second-order valence-corrected chi connectivity index (χ2v) is 10.4. The summed E-state index contributed by atoms with van der Waals surface area (Å²) < 4.78 is 12.1. The van der Waals surface area contributed by atoms with Crippen LogP contribution >= 0.6 is 0 Å². The third-order valence-electron chi connectivity index (χ3n) is 8.30. The van der Waals surface area contributed by atoms with E-state index in [4.69, 9.17) is 9.47 Å². The van der Waals surface area contributed by atoms with Crippen LogP contribution in [0.2, 0.25) is 0 Å². The molecule has 0 spiro atoms. The van der Waals surface area contributed by atoms with Gasteiger partial charge < -0.3 is 9.47 Å². The summed E-state index contributed by atoms with van der Waals surface area (Å²) in [6.07, 6.45) is 7.52. The van der Waals surface area contributed by atoms with Crippen LogP contribution in [0.5, 0.6) is 11.5 Å². The van der Waals surface area contributed by atoms with Gasteiger partial charge in [0, 0.05) is 0 Å². The first-order valence-corrected chi connectivity index (χ1v) is 13.1. The van der Waals surface area contributed by atoms with E-state index in [1.807, 2.05) is 24.3 Å². The summed E-state index contributed by atoms with van der Waals surface area (Å²) in [5, 5.41) is 0. The number of hydrogen-bond donors (Lipinski definition) is 0. The molecule has 0 radical (unpaired) electrons. The van der Waals surface area contributed by atoms with Gasteiger partial charge in [-0.2, -0.15) is 0 Å². The van der Waals surface area contributed by atoms with E-state index in [1.165, 1.54) is 11.1 Å². The van der Waals surface area contributed by atoms with Crippen molar-refractivity contribution in [3.8, 4) is 11.5 Å². The molecule has 0 N–H and O–H groups in total. The van der Waals surface area contributed by atoms with E-state index in [-0.39, 0.29) is 29.2 Å². The summed E-state index contributed by atoms with van der Waals surface area (Å²) in [7, 11) is 0. The molecule has 0 saturated heterocycles. The third kappa shape index (κ3) is 4.32. The smallest absolute Gasteiger partial charge is 0.315 e. The molecule has 186 valence electrons. The maximum atomic E-state index is 13.7. The van der Waals surface area contributed by atoms with E-state index in [9.17, 15) is 9.59 Å². The van der Waals surface area contributed by atoms with E-state index < -0.39 is 11.8 Å². The lowest BCUT2D eigenvalue weighted by atomic mass is 9.79. The van der Waals surface area contributed by atoms with Gasteiger partial charge in [-0.25, -0.2) is 0 Å². The van der Waals surface area contributed by atoms with Gasteiger partial charge in [0.1, 0.15) is 11.5 Å². The summed E-state index contributed by atoms with van der Waals surface area (Å²) >= 11 is 0. The van der Waals surface area contributed by atoms with Crippen LogP contribution in [-0.2, 0) is 35.3 Å². The SMILES string of the molecule is CCc1cccc(OC(=O)C2C(C(=O)Oc3cccc(CC)c3CC)C3C=CC2C3(C)C)c1CC. The first-order valence-electron chi connectivity index (χ1n) is 13.1. The predicted octanol–water partition coefficient (Wildman–Crippen LogP) is 6.52. The summed E-state index contributed by atoms with van der Waals surface area (Å²) in [4.78, 5) is 27.4. The topological polar surface area (TPSA) is 52.6 Å². The monoisotopic (exact) mass is 474 g/mol. The molecule has 4 rings (SSSR count). The number of carbonyl (C=O) groups is 2. The number of esters is 2. The largest absolute Gasteiger partial charge is 0.426 e. The molecule has 2 aromatic carbocycles. The fraction of sp³-hybridized carbons (Fsp3) is 0.484. The highest BCUT2D eigenvalue weighted by Gasteiger charge is 2.62. The summed E-state index contributed by atoms with van der Waals surface area (Å²) in [5.41, 5.74) is 4.27. The van der Waals surface area contributed by atoms with Gasteiger partial charge in [-0.15, -0.1) is 0 Å². The van der Waals surface area contributed by atoms with Crippen molar-refractivity contribution < 1.29 is 19.1 Å². The van der Waals surface area contributed by atoms with Gasteiger partial charge in [0.05, 0.1) is 11.8 Å². The zero-order valence-corrected chi connectivity index (χ0v) is 21.9. The fourth-order valence-corrected chi connectivity index (χ4v) is 6.39. The van der Waals surface area contributed by atoms with Crippen molar-refractivity contribution in [1.82, 2.24) is 0 Å². The van der Waals surface area contributed by atoms with Crippen molar-refractivity contribution in [3.63, 3.8) is 0 Å². The van der Waals surface area contributed by atoms with E-state index in [0.717, 1.165) is 36.8 Å². The molecule has 0 aromatic heterocycles. The molecule has 35 heavy (non-hydrogen) atoms. The standard InChI is InChI=1S/C31H38O4/c1-7-19-13-11-15-25(21(19)9-3)34-29(32)27-23-17-18-24(31(23,5)6)28(27)30(33)35-26-16-12-14-20(8-2)22(26)10-4/h11-18,23-24,27-28H,7-10H2,1-6H3. The minimum Gasteiger partial charge on any atom is -0.426 e. The quantitative estimate of drug-likeness (QED) is 0.248. The zero-order valence-electron chi connectivity index (χ0n) is 21.9. The molecule has 2 aromatic rings. The van der Waals surface area contributed by atoms with Crippen LogP contribution in [0.1, 0.15) is 63.8 Å². The summed E-state index contributed by atoms with van der Waals surface area (Å²) in [5.74, 6) is -0.719. The lowest BCUT2D eigenvalue weighted by Gasteiger charge is -2.26. The Morgan fingerprint density at radius 3 is 1.43 bits per heavy atom. The average Bonchev–Trinajstić information content (AvgIpc) is 3.28. The van der Waals surface area contributed by atoms with Crippen LogP contribution < -0.4 is 9.47 Å². The fourth-order valence-electron chi connectivity index (χ4n) is 6.39. The Kier molecular flexibility index (Phi) is 7.21. The van der Waals surface area contributed by atoms with Crippen LogP contribution in [-0.4, -0.2) is 11.9 Å². The maximum Gasteiger partial charge on any atom is 0.315 e. The number of aryl methyl sites for hydroxylation is 2. The van der Waals surface area contributed by atoms with Crippen LogP contribution in [0.3, 0.4) is 0 Å². The molecule has 2 aliphatic rings. The maximum absolute atomic E-state index is 13.7. The molecular weight excluding hydrogens is 436 g/mol. The molecule has 4 heteroatoms. The lowest BCUT2D eigenvalue weighted by molar-refractivity contribution is -0.151. The summed E-state index contributed by atoms with van der Waals surface area (Å²) in [6.45, 7) is 12.6. The van der Waals surface area contributed by atoms with Crippen molar-refractivity contribution in [2.75, 3.05) is 0 Å². The van der Waals surface area contributed by atoms with Gasteiger partial charge in [-0.1, -0.05) is 78.0 Å². The van der Waals surface area contributed by atoms with Gasteiger partial charge in [-0.3, -0.25) is 9.59 Å². The van der Waals surface area contributed by atoms with Crippen molar-refractivity contribution in [1.29, 1.82) is 0 Å². The van der Waals surface area contributed by atoms with Gasteiger partial charge in [0.15, 0.2) is 0 Å². The Hall–Kier alpha value is -2.88. The number of allylic oxidation sites excluding steroid dienone is 2. The third-order valence-corrected chi connectivity index (χ3v) is 8.30. The number of carbonyl (C=O) groups excluding carboxylic acids is 2. The normalized spacial score (nSPS) is 23.9. The Morgan fingerprint density at radius 1 is 0.686 bits per heavy atom. The average molecular weight is 475 g/mol. The van der Waals surface area contributed by atoms with Crippen LogP contribution in [0.15, 0.2) is 48.6 Å². The van der Waals surface area contributed by atoms with Gasteiger partial charge >= 0.3 is 11.9 Å². The van der Waals surface area contributed by atoms with Gasteiger partial charge in [0.25, 0.3) is 0 Å². The highest BCUT2D eigenvalue weighted by Crippen LogP contribution is 2.60. The first kappa shape index (κ1) is 25.2. The minimum atomic E-state index is -0.568. The van der Waals surface area contributed by atoms with Crippen LogP contribution in [0.25, 0.3) is 0 Å². The van der Waals surface area contributed by atoms with Crippen molar-refractivity contribution in [3.05, 3.63) is 70.8 Å². The Labute approximate surface area is 209 Å². The first-order chi connectivity index (χ1) is 16.8. The Morgan fingerprint density at radius 2 is 1.09 bits per heavy atom. The number of hydrogen-bond acceptors (Lipinski definition) is 4. The molecule has 4 unspecified atom stereocenters. The highest BCUT2D eigenvalue weighted by atomic mass is 16.5. The molecule has 2 bridgehead atoms. The van der Waals surface area contributed by atoms with Crippen LogP contribution in [0.4, 0.5) is 0 Å². The molecule has 2 aliphatic carbocycles. The number of benzene rings is 2. The minimum absolute atomic E-state index is 0.0652. The second kappa shape index (κ2) is 10.0. The second-order valence-electron chi connectivity index (χ2n) is 10.4. The molecule has 0 heterocycles. The van der Waals surface area contributed by atoms with Crippen molar-refractivity contribution >= 4 is 11.9 Å². The highest BCUT2D eigenvalue weighted by molar-refractivity contribution is 5.87. The van der Waals surface area contributed by atoms with Gasteiger partial charge in [-0.05, 0) is 77.3 Å². The number of ether oxygens (including phenoxy) is 2. The van der Waals surface area contributed by atoms with E-state index in [0.29, 0.717) is 11.5 Å². The van der Waals surface area contributed by atoms with Crippen LogP contribution in [0, 0.1) is 29.1 Å². The number of fused-ring (bicyclic) bond motifs is 2. The van der Waals surface area contributed by atoms with Gasteiger partial charge in [0.2, 0.25) is 0 Å². The van der Waals surface area contributed by atoms with E-state index in [2.05, 4.69) is 65.8 Å². The zero-order chi connectivity index (χ0) is 25.3. The van der Waals surface area contributed by atoms with Crippen molar-refractivity contribution in [2.45, 2.75) is 67.2 Å². The molecule has 1 saturated carbocycles. The molecule has 1 fully saturated rings. The molecule has 0 aliphatic heterocycles. The molecule has 4 nitrogen and oxygen atoms in total. The Bertz CT molecular complexity index is 1060. The molecule has 0 amide bonds. The van der Waals surface area contributed by atoms with E-state index >= 15 is 0 Å².